The molecule has 1 aliphatic heterocycles. The van der Waals surface area contributed by atoms with Crippen LogP contribution in [0.5, 0.6) is 5.75 Å². The van der Waals surface area contributed by atoms with Gasteiger partial charge in [0, 0.05) is 17.5 Å². The number of hydrogen-bond donors (Lipinski definition) is 2. The lowest BCUT2D eigenvalue weighted by Crippen LogP contribution is -2.52. The van der Waals surface area contributed by atoms with E-state index in [9.17, 15) is 14.4 Å². The SMILES string of the molecule is COc1ccc(Cl)cc1C(=O)N1CCC[C@H]1C(=O)NNC(=O)C1CCCC1. The maximum absolute atomic E-state index is 13.0. The van der Waals surface area contributed by atoms with Crippen molar-refractivity contribution in [2.24, 2.45) is 5.92 Å². The molecule has 1 atom stereocenters. The summed E-state index contributed by atoms with van der Waals surface area (Å²) in [6.07, 6.45) is 5.04. The van der Waals surface area contributed by atoms with Gasteiger partial charge < -0.3 is 9.64 Å². The third kappa shape index (κ3) is 4.35. The van der Waals surface area contributed by atoms with Crippen molar-refractivity contribution in [1.29, 1.82) is 0 Å². The summed E-state index contributed by atoms with van der Waals surface area (Å²) in [4.78, 5) is 39.1. The number of carbonyl (C=O) groups excluding carboxylic acids is 3. The maximum atomic E-state index is 13.0. The molecule has 1 heterocycles. The first-order chi connectivity index (χ1) is 13.0. The van der Waals surface area contributed by atoms with Crippen LogP contribution >= 0.6 is 11.6 Å². The minimum Gasteiger partial charge on any atom is -0.496 e. The number of ether oxygens (including phenoxy) is 1. The molecule has 8 heteroatoms. The van der Waals surface area contributed by atoms with Crippen molar-refractivity contribution in [3.05, 3.63) is 28.8 Å². The van der Waals surface area contributed by atoms with Crippen molar-refractivity contribution < 1.29 is 19.1 Å². The molecule has 1 aromatic carbocycles. The standard InChI is InChI=1S/C19H24ClN3O4/c1-27-16-9-8-13(20)11-14(16)19(26)23-10-4-7-15(23)18(25)22-21-17(24)12-5-2-3-6-12/h8-9,11-12,15H,2-7,10H2,1H3,(H,21,24)(H,22,25)/t15-/m0/s1. The maximum Gasteiger partial charge on any atom is 0.261 e. The van der Waals surface area contributed by atoms with Crippen molar-refractivity contribution in [2.45, 2.75) is 44.6 Å². The zero-order chi connectivity index (χ0) is 19.4. The molecule has 0 radical (unpaired) electrons. The van der Waals surface area contributed by atoms with Crippen molar-refractivity contribution in [3.8, 4) is 5.75 Å². The van der Waals surface area contributed by atoms with Gasteiger partial charge in [-0.05, 0) is 43.9 Å². The fourth-order valence-electron chi connectivity index (χ4n) is 3.78. The van der Waals surface area contributed by atoms with E-state index in [-0.39, 0.29) is 23.6 Å². The summed E-state index contributed by atoms with van der Waals surface area (Å²) >= 11 is 6.02. The number of hydrazine groups is 1. The van der Waals surface area contributed by atoms with E-state index in [1.165, 1.54) is 18.1 Å². The molecule has 146 valence electrons. The average Bonchev–Trinajstić information content (AvgIpc) is 3.36. The normalized spacial score (nSPS) is 19.8. The fraction of sp³-hybridized carbons (Fsp3) is 0.526. The summed E-state index contributed by atoms with van der Waals surface area (Å²) < 4.78 is 5.25. The number of methoxy groups -OCH3 is 1. The summed E-state index contributed by atoms with van der Waals surface area (Å²) in [6.45, 7) is 0.461. The van der Waals surface area contributed by atoms with Crippen LogP contribution in [0.4, 0.5) is 0 Å². The largest absolute Gasteiger partial charge is 0.496 e. The Hall–Kier alpha value is -2.28. The van der Waals surface area contributed by atoms with Gasteiger partial charge in [0.05, 0.1) is 12.7 Å². The topological polar surface area (TPSA) is 87.7 Å². The van der Waals surface area contributed by atoms with E-state index in [1.807, 2.05) is 0 Å². The Morgan fingerprint density at radius 2 is 1.78 bits per heavy atom. The number of halogens is 1. The highest BCUT2D eigenvalue weighted by Gasteiger charge is 2.36. The Morgan fingerprint density at radius 3 is 2.48 bits per heavy atom. The minimum atomic E-state index is -0.634. The molecule has 2 aliphatic rings. The van der Waals surface area contributed by atoms with Crippen LogP contribution in [-0.2, 0) is 9.59 Å². The fourth-order valence-corrected chi connectivity index (χ4v) is 3.95. The van der Waals surface area contributed by atoms with Crippen molar-refractivity contribution >= 4 is 29.3 Å². The zero-order valence-electron chi connectivity index (χ0n) is 15.3. The van der Waals surface area contributed by atoms with E-state index in [0.29, 0.717) is 35.7 Å². The number of nitrogens with one attached hydrogen (secondary N) is 2. The quantitative estimate of drug-likeness (QED) is 0.768. The lowest BCUT2D eigenvalue weighted by atomic mass is 10.1. The molecular weight excluding hydrogens is 370 g/mol. The van der Waals surface area contributed by atoms with Gasteiger partial charge in [0.1, 0.15) is 11.8 Å². The number of nitrogens with zero attached hydrogens (tertiary/aromatic N) is 1. The summed E-state index contributed by atoms with van der Waals surface area (Å²) in [5.41, 5.74) is 5.32. The van der Waals surface area contributed by atoms with Gasteiger partial charge in [0.25, 0.3) is 11.8 Å². The smallest absolute Gasteiger partial charge is 0.261 e. The van der Waals surface area contributed by atoms with Gasteiger partial charge in [0.2, 0.25) is 5.91 Å². The first-order valence-electron chi connectivity index (χ1n) is 9.25. The van der Waals surface area contributed by atoms with Gasteiger partial charge in [-0.1, -0.05) is 24.4 Å². The van der Waals surface area contributed by atoms with Crippen molar-refractivity contribution in [2.75, 3.05) is 13.7 Å². The summed E-state index contributed by atoms with van der Waals surface area (Å²) in [5.74, 6) is -0.483. The molecule has 1 saturated heterocycles. The van der Waals surface area contributed by atoms with Gasteiger partial charge in [-0.15, -0.1) is 0 Å². The first-order valence-corrected chi connectivity index (χ1v) is 9.63. The highest BCUT2D eigenvalue weighted by Crippen LogP contribution is 2.28. The van der Waals surface area contributed by atoms with Gasteiger partial charge >= 0.3 is 0 Å². The first kappa shape index (κ1) is 19.5. The molecule has 0 aromatic heterocycles. The predicted molar refractivity (Wildman–Crippen MR) is 100 cm³/mol. The van der Waals surface area contributed by atoms with E-state index in [4.69, 9.17) is 16.3 Å². The van der Waals surface area contributed by atoms with E-state index < -0.39 is 6.04 Å². The second-order valence-electron chi connectivity index (χ2n) is 6.96. The molecule has 0 unspecified atom stereocenters. The second kappa shape index (κ2) is 8.61. The molecule has 1 aromatic rings. The molecule has 7 nitrogen and oxygen atoms in total. The summed E-state index contributed by atoms with van der Waals surface area (Å²) in [7, 11) is 1.48. The zero-order valence-corrected chi connectivity index (χ0v) is 16.1. The minimum absolute atomic E-state index is 0.0395. The molecular formula is C19H24ClN3O4. The molecule has 2 fully saturated rings. The lowest BCUT2D eigenvalue weighted by molar-refractivity contribution is -0.132. The number of rotatable bonds is 4. The van der Waals surface area contributed by atoms with Crippen LogP contribution in [0.25, 0.3) is 0 Å². The molecule has 3 rings (SSSR count). The highest BCUT2D eigenvalue weighted by atomic mass is 35.5. The monoisotopic (exact) mass is 393 g/mol. The predicted octanol–water partition coefficient (Wildman–Crippen LogP) is 2.29. The molecule has 2 N–H and O–H groups in total. The second-order valence-corrected chi connectivity index (χ2v) is 7.40. The summed E-state index contributed by atoms with van der Waals surface area (Å²) in [5, 5.41) is 0.420. The van der Waals surface area contributed by atoms with Crippen LogP contribution in [0.2, 0.25) is 5.02 Å². The molecule has 27 heavy (non-hydrogen) atoms. The molecule has 3 amide bonds. The Labute approximate surface area is 163 Å². The average molecular weight is 394 g/mol. The van der Waals surface area contributed by atoms with Crippen LogP contribution in [0.15, 0.2) is 18.2 Å². The Kier molecular flexibility index (Phi) is 6.21. The Morgan fingerprint density at radius 1 is 1.07 bits per heavy atom. The van der Waals surface area contributed by atoms with Crippen LogP contribution < -0.4 is 15.6 Å². The van der Waals surface area contributed by atoms with Crippen molar-refractivity contribution in [3.63, 3.8) is 0 Å². The van der Waals surface area contributed by atoms with Crippen LogP contribution in [0.1, 0.15) is 48.9 Å². The van der Waals surface area contributed by atoms with Crippen LogP contribution in [-0.4, -0.2) is 42.3 Å². The van der Waals surface area contributed by atoms with Gasteiger partial charge in [-0.25, -0.2) is 0 Å². The van der Waals surface area contributed by atoms with Gasteiger partial charge in [-0.2, -0.15) is 0 Å². The molecule has 0 spiro atoms. The number of hydrogen-bond acceptors (Lipinski definition) is 4. The number of benzene rings is 1. The number of likely N-dealkylation sites (tertiary alicyclic amines) is 1. The van der Waals surface area contributed by atoms with E-state index in [0.717, 1.165) is 25.7 Å². The summed E-state index contributed by atoms with van der Waals surface area (Å²) in [6, 6.07) is 4.18. The molecule has 0 bridgehead atoms. The lowest BCUT2D eigenvalue weighted by Gasteiger charge is -2.25. The Balaban J connectivity index is 1.65. The van der Waals surface area contributed by atoms with Crippen LogP contribution in [0.3, 0.4) is 0 Å². The Bertz CT molecular complexity index is 734. The van der Waals surface area contributed by atoms with E-state index in [1.54, 1.807) is 12.1 Å². The van der Waals surface area contributed by atoms with Gasteiger partial charge in [0.15, 0.2) is 0 Å². The van der Waals surface area contributed by atoms with Crippen LogP contribution in [0, 0.1) is 5.92 Å². The number of carbonyl (C=O) groups is 3. The third-order valence-corrected chi connectivity index (χ3v) is 5.48. The number of amides is 3. The van der Waals surface area contributed by atoms with Gasteiger partial charge in [-0.3, -0.25) is 25.2 Å². The van der Waals surface area contributed by atoms with Crippen molar-refractivity contribution in [1.82, 2.24) is 15.8 Å². The molecule has 1 saturated carbocycles. The molecule has 1 aliphatic carbocycles. The van der Waals surface area contributed by atoms with E-state index >= 15 is 0 Å². The van der Waals surface area contributed by atoms with E-state index in [2.05, 4.69) is 10.9 Å². The third-order valence-electron chi connectivity index (χ3n) is 5.24. The highest BCUT2D eigenvalue weighted by molar-refractivity contribution is 6.31.